The first-order valence-corrected chi connectivity index (χ1v) is 6.35. The molecule has 1 atom stereocenters. The molecule has 0 aliphatic rings. The SMILES string of the molecule is CNC(C)Cc1noc(COc2cccc(C)c2)n1.Cl. The van der Waals surface area contributed by atoms with Gasteiger partial charge in [-0.3, -0.25) is 0 Å². The number of nitrogens with zero attached hydrogens (tertiary/aromatic N) is 2. The fourth-order valence-electron chi connectivity index (χ4n) is 1.66. The molecule has 6 heteroatoms. The Hall–Kier alpha value is -1.59. The number of rotatable bonds is 6. The highest BCUT2D eigenvalue weighted by molar-refractivity contribution is 5.85. The van der Waals surface area contributed by atoms with Gasteiger partial charge >= 0.3 is 0 Å². The summed E-state index contributed by atoms with van der Waals surface area (Å²) >= 11 is 0. The van der Waals surface area contributed by atoms with Crippen molar-refractivity contribution in [2.24, 2.45) is 0 Å². The van der Waals surface area contributed by atoms with Crippen LogP contribution in [0, 0.1) is 6.92 Å². The van der Waals surface area contributed by atoms with Crippen molar-refractivity contribution < 1.29 is 9.26 Å². The molecule has 0 radical (unpaired) electrons. The third kappa shape index (κ3) is 4.83. The summed E-state index contributed by atoms with van der Waals surface area (Å²) in [6.45, 7) is 4.39. The van der Waals surface area contributed by atoms with E-state index in [1.165, 1.54) is 0 Å². The van der Waals surface area contributed by atoms with Crippen LogP contribution in [-0.4, -0.2) is 23.2 Å². The Labute approximate surface area is 125 Å². The molecule has 2 rings (SSSR count). The average molecular weight is 298 g/mol. The maximum atomic E-state index is 5.61. The van der Waals surface area contributed by atoms with Crippen LogP contribution in [0.1, 0.15) is 24.2 Å². The second-order valence-electron chi connectivity index (χ2n) is 4.60. The maximum absolute atomic E-state index is 5.61. The minimum Gasteiger partial charge on any atom is -0.484 e. The molecule has 1 aromatic carbocycles. The molecule has 0 aliphatic heterocycles. The van der Waals surface area contributed by atoms with Gasteiger partial charge in [0.25, 0.3) is 5.89 Å². The second-order valence-corrected chi connectivity index (χ2v) is 4.60. The Morgan fingerprint density at radius 2 is 2.20 bits per heavy atom. The van der Waals surface area contributed by atoms with Crippen molar-refractivity contribution in [1.82, 2.24) is 15.5 Å². The normalized spacial score (nSPS) is 11.8. The maximum Gasteiger partial charge on any atom is 0.264 e. The van der Waals surface area contributed by atoms with Crippen LogP contribution in [0.25, 0.3) is 0 Å². The van der Waals surface area contributed by atoms with E-state index in [0.29, 0.717) is 24.4 Å². The molecular formula is C14H20ClN3O2. The van der Waals surface area contributed by atoms with Crippen LogP contribution >= 0.6 is 12.4 Å². The zero-order valence-corrected chi connectivity index (χ0v) is 12.7. The molecule has 5 nitrogen and oxygen atoms in total. The number of ether oxygens (including phenoxy) is 1. The van der Waals surface area contributed by atoms with Crippen LogP contribution in [0.3, 0.4) is 0 Å². The van der Waals surface area contributed by atoms with E-state index < -0.39 is 0 Å². The largest absolute Gasteiger partial charge is 0.484 e. The van der Waals surface area contributed by atoms with Crippen molar-refractivity contribution in [2.75, 3.05) is 7.05 Å². The molecule has 0 bridgehead atoms. The van der Waals surface area contributed by atoms with E-state index in [2.05, 4.69) is 22.4 Å². The van der Waals surface area contributed by atoms with E-state index >= 15 is 0 Å². The molecule has 0 aliphatic carbocycles. The van der Waals surface area contributed by atoms with Gasteiger partial charge in [0.15, 0.2) is 12.4 Å². The number of aryl methyl sites for hydroxylation is 1. The van der Waals surface area contributed by atoms with Gasteiger partial charge in [0.2, 0.25) is 0 Å². The second kappa shape index (κ2) is 7.87. The highest BCUT2D eigenvalue weighted by Crippen LogP contribution is 2.14. The monoisotopic (exact) mass is 297 g/mol. The van der Waals surface area contributed by atoms with Crippen LogP contribution in [0.2, 0.25) is 0 Å². The van der Waals surface area contributed by atoms with Crippen LogP contribution in [0.5, 0.6) is 5.75 Å². The number of likely N-dealkylation sites (N-methyl/N-ethyl adjacent to an activating group) is 1. The summed E-state index contributed by atoms with van der Waals surface area (Å²) < 4.78 is 10.8. The van der Waals surface area contributed by atoms with Gasteiger partial charge in [0.1, 0.15) is 5.75 Å². The Morgan fingerprint density at radius 1 is 1.40 bits per heavy atom. The van der Waals surface area contributed by atoms with Gasteiger partial charge in [-0.1, -0.05) is 17.3 Å². The lowest BCUT2D eigenvalue weighted by atomic mass is 10.2. The van der Waals surface area contributed by atoms with Gasteiger partial charge < -0.3 is 14.6 Å². The predicted molar refractivity (Wildman–Crippen MR) is 79.3 cm³/mol. The first-order valence-electron chi connectivity index (χ1n) is 6.35. The van der Waals surface area contributed by atoms with Gasteiger partial charge in [-0.05, 0) is 38.6 Å². The van der Waals surface area contributed by atoms with Crippen molar-refractivity contribution in [1.29, 1.82) is 0 Å². The van der Waals surface area contributed by atoms with Crippen LogP contribution in [0.4, 0.5) is 0 Å². The van der Waals surface area contributed by atoms with Crippen molar-refractivity contribution in [2.45, 2.75) is 32.9 Å². The summed E-state index contributed by atoms with van der Waals surface area (Å²) in [4.78, 5) is 4.29. The molecule has 0 saturated heterocycles. The third-order valence-electron chi connectivity index (χ3n) is 2.84. The number of hydrogen-bond acceptors (Lipinski definition) is 5. The minimum atomic E-state index is 0. The van der Waals surface area contributed by atoms with Crippen molar-refractivity contribution in [3.05, 3.63) is 41.5 Å². The lowest BCUT2D eigenvalue weighted by Crippen LogP contribution is -2.24. The molecule has 0 amide bonds. The number of aromatic nitrogens is 2. The highest BCUT2D eigenvalue weighted by Gasteiger charge is 2.09. The van der Waals surface area contributed by atoms with E-state index in [-0.39, 0.29) is 12.4 Å². The number of benzene rings is 1. The van der Waals surface area contributed by atoms with Gasteiger partial charge in [0, 0.05) is 12.5 Å². The van der Waals surface area contributed by atoms with E-state index in [1.807, 2.05) is 38.2 Å². The summed E-state index contributed by atoms with van der Waals surface area (Å²) in [6, 6.07) is 8.19. The fourth-order valence-corrected chi connectivity index (χ4v) is 1.66. The van der Waals surface area contributed by atoms with E-state index in [1.54, 1.807) is 0 Å². The molecule has 20 heavy (non-hydrogen) atoms. The molecule has 1 unspecified atom stereocenters. The lowest BCUT2D eigenvalue weighted by molar-refractivity contribution is 0.242. The summed E-state index contributed by atoms with van der Waals surface area (Å²) in [6.07, 6.45) is 0.741. The first kappa shape index (κ1) is 16.5. The Kier molecular flexibility index (Phi) is 6.48. The zero-order chi connectivity index (χ0) is 13.7. The Morgan fingerprint density at radius 3 is 2.90 bits per heavy atom. The van der Waals surface area contributed by atoms with E-state index in [9.17, 15) is 0 Å². The molecule has 110 valence electrons. The smallest absolute Gasteiger partial charge is 0.264 e. The van der Waals surface area contributed by atoms with Crippen molar-refractivity contribution in [3.8, 4) is 5.75 Å². The molecule has 1 heterocycles. The minimum absolute atomic E-state index is 0. The van der Waals surface area contributed by atoms with Crippen LogP contribution in [-0.2, 0) is 13.0 Å². The molecule has 0 spiro atoms. The third-order valence-corrected chi connectivity index (χ3v) is 2.84. The molecule has 1 aromatic heterocycles. The average Bonchev–Trinajstić information content (AvgIpc) is 2.84. The molecule has 1 N–H and O–H groups in total. The number of halogens is 1. The van der Waals surface area contributed by atoms with Crippen molar-refractivity contribution >= 4 is 12.4 Å². The van der Waals surface area contributed by atoms with Gasteiger partial charge in [-0.2, -0.15) is 4.98 Å². The van der Waals surface area contributed by atoms with Crippen LogP contribution < -0.4 is 10.1 Å². The number of nitrogens with one attached hydrogen (secondary N) is 1. The van der Waals surface area contributed by atoms with E-state index in [0.717, 1.165) is 17.7 Å². The standard InChI is InChI=1S/C14H19N3O2.ClH/c1-10-5-4-6-12(7-10)18-9-14-16-13(17-19-14)8-11(2)15-3;/h4-7,11,15H,8-9H2,1-3H3;1H. The van der Waals surface area contributed by atoms with Gasteiger partial charge in [-0.15, -0.1) is 12.4 Å². The summed E-state index contributed by atoms with van der Waals surface area (Å²) in [5, 5.41) is 7.06. The van der Waals surface area contributed by atoms with Crippen LogP contribution in [0.15, 0.2) is 28.8 Å². The first-order chi connectivity index (χ1) is 9.17. The lowest BCUT2D eigenvalue weighted by Gasteiger charge is -2.05. The molecule has 2 aromatic rings. The topological polar surface area (TPSA) is 60.2 Å². The fraction of sp³-hybridized carbons (Fsp3) is 0.429. The van der Waals surface area contributed by atoms with E-state index in [4.69, 9.17) is 9.26 Å². The van der Waals surface area contributed by atoms with Gasteiger partial charge in [0.05, 0.1) is 0 Å². The summed E-state index contributed by atoms with van der Waals surface area (Å²) in [5.74, 6) is 2.01. The number of hydrogen-bond donors (Lipinski definition) is 1. The van der Waals surface area contributed by atoms with Crippen molar-refractivity contribution in [3.63, 3.8) is 0 Å². The summed E-state index contributed by atoms with van der Waals surface area (Å²) in [5.41, 5.74) is 1.16. The molecular weight excluding hydrogens is 278 g/mol. The molecule has 0 saturated carbocycles. The summed E-state index contributed by atoms with van der Waals surface area (Å²) in [7, 11) is 1.91. The Bertz CT molecular complexity index is 531. The predicted octanol–water partition coefficient (Wildman–Crippen LogP) is 2.53. The zero-order valence-electron chi connectivity index (χ0n) is 11.9. The highest BCUT2D eigenvalue weighted by atomic mass is 35.5. The van der Waals surface area contributed by atoms with Gasteiger partial charge in [-0.25, -0.2) is 0 Å². The molecule has 0 fully saturated rings. The Balaban J connectivity index is 0.00000200. The quantitative estimate of drug-likeness (QED) is 0.888.